The van der Waals surface area contributed by atoms with Crippen molar-refractivity contribution < 1.29 is 4.79 Å². The highest BCUT2D eigenvalue weighted by atomic mass is 16.1. The number of rotatable bonds is 1. The van der Waals surface area contributed by atoms with E-state index < -0.39 is 0 Å². The first kappa shape index (κ1) is 6.52. The summed E-state index contributed by atoms with van der Waals surface area (Å²) in [7, 11) is 0. The number of carbonyl (C=O) groups is 1. The minimum atomic E-state index is -0.0301. The van der Waals surface area contributed by atoms with Gasteiger partial charge in [0.25, 0.3) is 0 Å². The number of hydrogen-bond acceptors (Lipinski definition) is 3. The van der Waals surface area contributed by atoms with Crippen LogP contribution in [0.4, 0.5) is 0 Å². The summed E-state index contributed by atoms with van der Waals surface area (Å²) in [6.45, 7) is 0. The van der Waals surface area contributed by atoms with E-state index in [0.717, 1.165) is 12.8 Å². The summed E-state index contributed by atoms with van der Waals surface area (Å²) in [6, 6.07) is -0.0301. The Morgan fingerprint density at radius 1 is 1.64 bits per heavy atom. The normalized spacial score (nSPS) is 24.4. The summed E-state index contributed by atoms with van der Waals surface area (Å²) in [5, 5.41) is 3.93. The second-order valence-corrected chi connectivity index (χ2v) is 2.75. The van der Waals surface area contributed by atoms with E-state index in [2.05, 4.69) is 10.1 Å². The molecule has 1 aromatic rings. The first-order valence-corrected chi connectivity index (χ1v) is 3.75. The summed E-state index contributed by atoms with van der Waals surface area (Å²) >= 11 is 0. The van der Waals surface area contributed by atoms with Crippen LogP contribution < -0.4 is 0 Å². The number of hydrogen-bond donors (Lipinski definition) is 0. The van der Waals surface area contributed by atoms with E-state index in [1.807, 2.05) is 0 Å². The zero-order valence-electron chi connectivity index (χ0n) is 6.10. The van der Waals surface area contributed by atoms with Crippen LogP contribution in [0, 0.1) is 0 Å². The Morgan fingerprint density at radius 3 is 3.09 bits per heavy atom. The van der Waals surface area contributed by atoms with Gasteiger partial charge in [0.15, 0.2) is 5.78 Å². The average molecular weight is 151 g/mol. The summed E-state index contributed by atoms with van der Waals surface area (Å²) in [5.74, 6) is 0.288. The van der Waals surface area contributed by atoms with E-state index in [0.29, 0.717) is 6.42 Å². The standard InChI is InChI=1S/C7H9N3O/c11-7-3-1-2-6(7)10-5-8-4-9-10/h4-6H,1-3H2. The van der Waals surface area contributed by atoms with Gasteiger partial charge in [0, 0.05) is 6.42 Å². The fourth-order valence-electron chi connectivity index (χ4n) is 1.46. The van der Waals surface area contributed by atoms with Crippen molar-refractivity contribution in [2.45, 2.75) is 25.3 Å². The molecule has 0 spiro atoms. The maximum Gasteiger partial charge on any atom is 0.157 e. The number of carbonyl (C=O) groups excluding carboxylic acids is 1. The molecule has 4 heteroatoms. The maximum absolute atomic E-state index is 11.2. The summed E-state index contributed by atoms with van der Waals surface area (Å²) in [6.07, 6.45) is 5.68. The fraction of sp³-hybridized carbons (Fsp3) is 0.571. The molecule has 1 unspecified atom stereocenters. The molecule has 1 aromatic heterocycles. The molecule has 0 saturated heterocycles. The van der Waals surface area contributed by atoms with Crippen LogP contribution in [0.3, 0.4) is 0 Å². The van der Waals surface area contributed by atoms with E-state index in [1.165, 1.54) is 6.33 Å². The second-order valence-electron chi connectivity index (χ2n) is 2.75. The molecule has 0 bridgehead atoms. The van der Waals surface area contributed by atoms with Crippen molar-refractivity contribution in [2.75, 3.05) is 0 Å². The highest BCUT2D eigenvalue weighted by Crippen LogP contribution is 2.24. The van der Waals surface area contributed by atoms with E-state index in [-0.39, 0.29) is 11.8 Å². The Morgan fingerprint density at radius 2 is 2.55 bits per heavy atom. The summed E-state index contributed by atoms with van der Waals surface area (Å²) < 4.78 is 1.65. The van der Waals surface area contributed by atoms with Gasteiger partial charge in [0.05, 0.1) is 0 Å². The van der Waals surface area contributed by atoms with Crippen LogP contribution in [-0.4, -0.2) is 20.5 Å². The van der Waals surface area contributed by atoms with Crippen molar-refractivity contribution in [3.8, 4) is 0 Å². The smallest absolute Gasteiger partial charge is 0.157 e. The van der Waals surface area contributed by atoms with Crippen molar-refractivity contribution >= 4 is 5.78 Å². The van der Waals surface area contributed by atoms with E-state index >= 15 is 0 Å². The van der Waals surface area contributed by atoms with Crippen LogP contribution in [-0.2, 0) is 4.79 Å². The number of aromatic nitrogens is 3. The van der Waals surface area contributed by atoms with Crippen LogP contribution in [0.25, 0.3) is 0 Å². The fourth-order valence-corrected chi connectivity index (χ4v) is 1.46. The van der Waals surface area contributed by atoms with Crippen LogP contribution in [0.15, 0.2) is 12.7 Å². The Bertz CT molecular complexity index is 255. The molecule has 1 aliphatic rings. The first-order chi connectivity index (χ1) is 5.38. The summed E-state index contributed by atoms with van der Waals surface area (Å²) in [4.78, 5) is 15.0. The molecule has 2 rings (SSSR count). The minimum absolute atomic E-state index is 0.0301. The lowest BCUT2D eigenvalue weighted by molar-refractivity contribution is -0.120. The second kappa shape index (κ2) is 2.45. The van der Waals surface area contributed by atoms with Crippen LogP contribution in [0.1, 0.15) is 25.3 Å². The molecule has 0 N–H and O–H groups in total. The molecule has 11 heavy (non-hydrogen) atoms. The van der Waals surface area contributed by atoms with Crippen LogP contribution >= 0.6 is 0 Å². The third kappa shape index (κ3) is 1.04. The zero-order chi connectivity index (χ0) is 7.68. The molecule has 1 aliphatic carbocycles. The number of Topliss-reactive ketones (excluding diaryl/α,β-unsaturated/α-hetero) is 1. The lowest BCUT2D eigenvalue weighted by Crippen LogP contribution is -2.13. The number of ketones is 1. The molecular weight excluding hydrogens is 142 g/mol. The van der Waals surface area contributed by atoms with Crippen molar-refractivity contribution in [3.63, 3.8) is 0 Å². The molecule has 1 fully saturated rings. The molecule has 4 nitrogen and oxygen atoms in total. The number of nitrogens with zero attached hydrogens (tertiary/aromatic N) is 3. The quantitative estimate of drug-likeness (QED) is 0.589. The zero-order valence-corrected chi connectivity index (χ0v) is 6.10. The van der Waals surface area contributed by atoms with E-state index in [1.54, 1.807) is 11.0 Å². The van der Waals surface area contributed by atoms with Gasteiger partial charge in [-0.05, 0) is 12.8 Å². The van der Waals surface area contributed by atoms with Crippen molar-refractivity contribution in [2.24, 2.45) is 0 Å². The van der Waals surface area contributed by atoms with Gasteiger partial charge in [-0.2, -0.15) is 5.10 Å². The molecule has 0 aliphatic heterocycles. The third-order valence-electron chi connectivity index (χ3n) is 2.03. The highest BCUT2D eigenvalue weighted by Gasteiger charge is 2.26. The van der Waals surface area contributed by atoms with Gasteiger partial charge < -0.3 is 0 Å². The molecule has 58 valence electrons. The Balaban J connectivity index is 2.23. The SMILES string of the molecule is O=C1CCCC1n1cncn1. The van der Waals surface area contributed by atoms with Gasteiger partial charge in [0.1, 0.15) is 18.7 Å². The Kier molecular flexibility index (Phi) is 1.45. The maximum atomic E-state index is 11.2. The van der Waals surface area contributed by atoms with Crippen molar-refractivity contribution in [1.82, 2.24) is 14.8 Å². The largest absolute Gasteiger partial charge is 0.297 e. The molecule has 1 saturated carbocycles. The van der Waals surface area contributed by atoms with E-state index in [9.17, 15) is 4.79 Å². The van der Waals surface area contributed by atoms with Crippen LogP contribution in [0.5, 0.6) is 0 Å². The molecule has 0 amide bonds. The highest BCUT2D eigenvalue weighted by molar-refractivity contribution is 5.84. The van der Waals surface area contributed by atoms with E-state index in [4.69, 9.17) is 0 Å². The first-order valence-electron chi connectivity index (χ1n) is 3.75. The van der Waals surface area contributed by atoms with Crippen molar-refractivity contribution in [3.05, 3.63) is 12.7 Å². The third-order valence-corrected chi connectivity index (χ3v) is 2.03. The Hall–Kier alpha value is -1.19. The topological polar surface area (TPSA) is 47.8 Å². The minimum Gasteiger partial charge on any atom is -0.297 e. The van der Waals surface area contributed by atoms with Gasteiger partial charge >= 0.3 is 0 Å². The van der Waals surface area contributed by atoms with Gasteiger partial charge in [0.2, 0.25) is 0 Å². The molecule has 0 aromatic carbocycles. The predicted octanol–water partition coefficient (Wildman–Crippen LogP) is 0.572. The van der Waals surface area contributed by atoms with Crippen LogP contribution in [0.2, 0.25) is 0 Å². The Labute approximate surface area is 64.2 Å². The van der Waals surface area contributed by atoms with Gasteiger partial charge in [-0.25, -0.2) is 9.67 Å². The predicted molar refractivity (Wildman–Crippen MR) is 37.9 cm³/mol. The average Bonchev–Trinajstić information content (AvgIpc) is 2.55. The monoisotopic (exact) mass is 151 g/mol. The van der Waals surface area contributed by atoms with Gasteiger partial charge in [-0.1, -0.05) is 0 Å². The molecule has 0 radical (unpaired) electrons. The molecular formula is C7H9N3O. The molecule has 1 atom stereocenters. The molecule has 1 heterocycles. The van der Waals surface area contributed by atoms with Gasteiger partial charge in [-0.15, -0.1) is 0 Å². The van der Waals surface area contributed by atoms with Gasteiger partial charge in [-0.3, -0.25) is 4.79 Å². The summed E-state index contributed by atoms with van der Waals surface area (Å²) in [5.41, 5.74) is 0. The lowest BCUT2D eigenvalue weighted by atomic mass is 10.2. The lowest BCUT2D eigenvalue weighted by Gasteiger charge is -2.05. The van der Waals surface area contributed by atoms with Crippen molar-refractivity contribution in [1.29, 1.82) is 0 Å².